The van der Waals surface area contributed by atoms with E-state index in [1.165, 1.54) is 6.92 Å². The smallest absolute Gasteiger partial charge is 0.308 e. The first-order valence-electron chi connectivity index (χ1n) is 7.58. The highest BCUT2D eigenvalue weighted by Crippen LogP contribution is 2.33. The van der Waals surface area contributed by atoms with E-state index in [-0.39, 0.29) is 36.3 Å². The maximum Gasteiger partial charge on any atom is 0.308 e. The predicted molar refractivity (Wildman–Crippen MR) is 96.0 cm³/mol. The Balaban J connectivity index is 0.00000242. The lowest BCUT2D eigenvalue weighted by Gasteiger charge is -2.35. The molecule has 23 heavy (non-hydrogen) atoms. The highest BCUT2D eigenvalue weighted by Gasteiger charge is 2.22. The molecule has 1 aromatic rings. The Kier molecular flexibility index (Phi) is 10.2. The van der Waals surface area contributed by atoms with Gasteiger partial charge in [-0.2, -0.15) is 0 Å². The molecule has 1 atom stereocenters. The summed E-state index contributed by atoms with van der Waals surface area (Å²) in [7, 11) is 0. The number of aromatic hydroxyl groups is 1. The van der Waals surface area contributed by atoms with Crippen LogP contribution in [0.4, 0.5) is 0 Å². The third-order valence-corrected chi connectivity index (χ3v) is 3.78. The van der Waals surface area contributed by atoms with E-state index < -0.39 is 5.97 Å². The number of nitrogens with one attached hydrogen (secondary N) is 1. The van der Waals surface area contributed by atoms with Crippen molar-refractivity contribution in [1.82, 2.24) is 10.2 Å². The standard InChI is InChI=1S/C16H24N2O3.2ClH/c1-3-4-14(18-9-7-17-8-10-18)13-5-6-16(15(20)11-13)21-12(2)19;;/h5-6,11,14,17,20H,3-4,7-10H2,1-2H3;2*1H/t14-;;/m1../s1. The van der Waals surface area contributed by atoms with Crippen LogP contribution >= 0.6 is 24.8 Å². The van der Waals surface area contributed by atoms with Crippen molar-refractivity contribution < 1.29 is 14.6 Å². The van der Waals surface area contributed by atoms with Gasteiger partial charge in [0.1, 0.15) is 0 Å². The fourth-order valence-corrected chi connectivity index (χ4v) is 2.81. The molecular formula is C16H26Cl2N2O3. The maximum absolute atomic E-state index is 11.0. The molecule has 0 unspecified atom stereocenters. The Morgan fingerprint density at radius 2 is 2.00 bits per heavy atom. The second-order valence-electron chi connectivity index (χ2n) is 5.41. The van der Waals surface area contributed by atoms with Crippen LogP contribution in [0.15, 0.2) is 18.2 Å². The van der Waals surface area contributed by atoms with E-state index in [2.05, 4.69) is 17.1 Å². The van der Waals surface area contributed by atoms with Gasteiger partial charge in [-0.15, -0.1) is 24.8 Å². The first-order valence-corrected chi connectivity index (χ1v) is 7.58. The number of rotatable bonds is 5. The molecule has 7 heteroatoms. The minimum atomic E-state index is -0.426. The largest absolute Gasteiger partial charge is 0.504 e. The normalized spacial score (nSPS) is 15.9. The molecule has 5 nitrogen and oxygen atoms in total. The third-order valence-electron chi connectivity index (χ3n) is 3.78. The summed E-state index contributed by atoms with van der Waals surface area (Å²) in [5, 5.41) is 13.4. The SMILES string of the molecule is CCC[C@H](c1ccc(OC(C)=O)c(O)c1)N1CCNCC1.Cl.Cl. The highest BCUT2D eigenvalue weighted by molar-refractivity contribution is 5.85. The molecule has 132 valence electrons. The van der Waals surface area contributed by atoms with Crippen molar-refractivity contribution in [2.75, 3.05) is 26.2 Å². The zero-order chi connectivity index (χ0) is 15.2. The lowest BCUT2D eigenvalue weighted by atomic mass is 9.99. The van der Waals surface area contributed by atoms with Crippen molar-refractivity contribution in [2.45, 2.75) is 32.7 Å². The molecule has 0 saturated carbocycles. The maximum atomic E-state index is 11.0. The van der Waals surface area contributed by atoms with Gasteiger partial charge in [-0.3, -0.25) is 9.69 Å². The first kappa shape index (κ1) is 22.0. The Hall–Kier alpha value is -1.01. The van der Waals surface area contributed by atoms with Gasteiger partial charge in [-0.05, 0) is 24.1 Å². The number of nitrogens with zero attached hydrogens (tertiary/aromatic N) is 1. The number of esters is 1. The predicted octanol–water partition coefficient (Wildman–Crippen LogP) is 2.91. The summed E-state index contributed by atoms with van der Waals surface area (Å²) in [5.41, 5.74) is 1.08. The average Bonchev–Trinajstić information content (AvgIpc) is 2.47. The summed E-state index contributed by atoms with van der Waals surface area (Å²) in [4.78, 5) is 13.4. The molecule has 0 bridgehead atoms. The Morgan fingerprint density at radius 3 is 2.52 bits per heavy atom. The minimum absolute atomic E-state index is 0. The summed E-state index contributed by atoms with van der Waals surface area (Å²) < 4.78 is 4.97. The van der Waals surface area contributed by atoms with Gasteiger partial charge < -0.3 is 15.2 Å². The van der Waals surface area contributed by atoms with E-state index in [9.17, 15) is 9.90 Å². The van der Waals surface area contributed by atoms with Gasteiger partial charge in [-0.25, -0.2) is 0 Å². The molecule has 1 heterocycles. The number of phenols is 1. The number of hydrogen-bond donors (Lipinski definition) is 2. The summed E-state index contributed by atoms with van der Waals surface area (Å²) in [6, 6.07) is 5.65. The molecule has 1 fully saturated rings. The molecule has 1 aliphatic rings. The highest BCUT2D eigenvalue weighted by atomic mass is 35.5. The van der Waals surface area contributed by atoms with E-state index in [4.69, 9.17) is 4.74 Å². The summed E-state index contributed by atoms with van der Waals surface area (Å²) in [6.07, 6.45) is 2.13. The summed E-state index contributed by atoms with van der Waals surface area (Å²) >= 11 is 0. The van der Waals surface area contributed by atoms with Crippen LogP contribution in [-0.4, -0.2) is 42.2 Å². The van der Waals surface area contributed by atoms with Crippen molar-refractivity contribution in [1.29, 1.82) is 0 Å². The number of carbonyl (C=O) groups is 1. The molecule has 0 radical (unpaired) electrons. The van der Waals surface area contributed by atoms with Crippen LogP contribution in [0.25, 0.3) is 0 Å². The van der Waals surface area contributed by atoms with Crippen LogP contribution in [0.2, 0.25) is 0 Å². The molecule has 1 aromatic carbocycles. The zero-order valence-corrected chi connectivity index (χ0v) is 15.2. The van der Waals surface area contributed by atoms with Gasteiger partial charge >= 0.3 is 5.97 Å². The van der Waals surface area contributed by atoms with Crippen LogP contribution in [-0.2, 0) is 4.79 Å². The van der Waals surface area contributed by atoms with Crippen LogP contribution in [0.5, 0.6) is 11.5 Å². The van der Waals surface area contributed by atoms with E-state index in [1.54, 1.807) is 12.1 Å². The Morgan fingerprint density at radius 1 is 1.35 bits per heavy atom. The van der Waals surface area contributed by atoms with E-state index in [0.29, 0.717) is 6.04 Å². The van der Waals surface area contributed by atoms with Gasteiger partial charge in [-0.1, -0.05) is 19.4 Å². The van der Waals surface area contributed by atoms with Gasteiger partial charge in [0.15, 0.2) is 11.5 Å². The molecule has 0 aromatic heterocycles. The molecule has 0 amide bonds. The molecular weight excluding hydrogens is 339 g/mol. The van der Waals surface area contributed by atoms with E-state index >= 15 is 0 Å². The second-order valence-corrected chi connectivity index (χ2v) is 5.41. The summed E-state index contributed by atoms with van der Waals surface area (Å²) in [6.45, 7) is 7.51. The number of hydrogen-bond acceptors (Lipinski definition) is 5. The van der Waals surface area contributed by atoms with E-state index in [1.807, 2.05) is 6.07 Å². The number of halogens is 2. The van der Waals surface area contributed by atoms with Gasteiger partial charge in [0.2, 0.25) is 0 Å². The van der Waals surface area contributed by atoms with Crippen molar-refractivity contribution in [3.8, 4) is 11.5 Å². The monoisotopic (exact) mass is 364 g/mol. The number of benzene rings is 1. The molecule has 0 spiro atoms. The number of piperazine rings is 1. The number of carbonyl (C=O) groups excluding carboxylic acids is 1. The lowest BCUT2D eigenvalue weighted by molar-refractivity contribution is -0.132. The molecule has 0 aliphatic carbocycles. The van der Waals surface area contributed by atoms with Crippen molar-refractivity contribution in [3.05, 3.63) is 23.8 Å². The summed E-state index contributed by atoms with van der Waals surface area (Å²) in [5.74, 6) is -0.175. The van der Waals surface area contributed by atoms with Crippen LogP contribution in [0.3, 0.4) is 0 Å². The minimum Gasteiger partial charge on any atom is -0.504 e. The molecule has 1 aliphatic heterocycles. The Labute approximate surface area is 150 Å². The topological polar surface area (TPSA) is 61.8 Å². The quantitative estimate of drug-likeness (QED) is 0.621. The Bertz CT molecular complexity index is 494. The zero-order valence-electron chi connectivity index (χ0n) is 13.6. The van der Waals surface area contributed by atoms with Crippen LogP contribution in [0, 0.1) is 0 Å². The van der Waals surface area contributed by atoms with Crippen molar-refractivity contribution in [2.24, 2.45) is 0 Å². The number of phenolic OH excluding ortho intramolecular Hbond substituents is 1. The fraction of sp³-hybridized carbons (Fsp3) is 0.562. The number of ether oxygens (including phenoxy) is 1. The van der Waals surface area contributed by atoms with Crippen LogP contribution in [0.1, 0.15) is 38.3 Å². The molecule has 2 rings (SSSR count). The van der Waals surface area contributed by atoms with Crippen molar-refractivity contribution in [3.63, 3.8) is 0 Å². The molecule has 1 saturated heterocycles. The lowest BCUT2D eigenvalue weighted by Crippen LogP contribution is -2.45. The van der Waals surface area contributed by atoms with E-state index in [0.717, 1.165) is 44.6 Å². The van der Waals surface area contributed by atoms with Crippen molar-refractivity contribution >= 4 is 30.8 Å². The van der Waals surface area contributed by atoms with Gasteiger partial charge in [0.25, 0.3) is 0 Å². The second kappa shape index (κ2) is 10.7. The third kappa shape index (κ3) is 6.18. The fourth-order valence-electron chi connectivity index (χ4n) is 2.81. The van der Waals surface area contributed by atoms with Gasteiger partial charge in [0, 0.05) is 39.1 Å². The first-order chi connectivity index (χ1) is 10.1. The molecule has 2 N–H and O–H groups in total. The van der Waals surface area contributed by atoms with Crippen LogP contribution < -0.4 is 10.1 Å². The average molecular weight is 365 g/mol. The van der Waals surface area contributed by atoms with Gasteiger partial charge in [0.05, 0.1) is 0 Å².